The molecular weight excluding hydrogens is 310 g/mol. The molecule has 0 radical (unpaired) electrons. The molecule has 2 fully saturated rings. The van der Waals surface area contributed by atoms with Crippen LogP contribution in [-0.4, -0.2) is 49.9 Å². The summed E-state index contributed by atoms with van der Waals surface area (Å²) in [6.07, 6.45) is 1.11. The first-order chi connectivity index (χ1) is 11.6. The average molecular weight is 333 g/mol. The lowest BCUT2D eigenvalue weighted by Gasteiger charge is -2.39. The molecule has 1 aromatic rings. The molecule has 0 amide bonds. The first-order valence-corrected chi connectivity index (χ1v) is 8.33. The molecule has 130 valence electrons. The molecular formula is C18H23NO5. The topological polar surface area (TPSA) is 65.1 Å². The van der Waals surface area contributed by atoms with Gasteiger partial charge in [0.25, 0.3) is 0 Å². The number of ketones is 1. The van der Waals surface area contributed by atoms with Crippen LogP contribution >= 0.6 is 0 Å². The summed E-state index contributed by atoms with van der Waals surface area (Å²) in [6, 6.07) is 10.3. The van der Waals surface area contributed by atoms with E-state index in [0.29, 0.717) is 6.61 Å². The molecule has 2 aliphatic heterocycles. The van der Waals surface area contributed by atoms with E-state index in [1.807, 2.05) is 18.2 Å². The average Bonchev–Trinajstić information content (AvgIpc) is 2.97. The van der Waals surface area contributed by atoms with E-state index < -0.39 is 11.8 Å². The van der Waals surface area contributed by atoms with E-state index in [1.165, 1.54) is 12.6 Å². The van der Waals surface area contributed by atoms with Crippen molar-refractivity contribution in [1.82, 2.24) is 0 Å². The Balaban J connectivity index is 1.46. The van der Waals surface area contributed by atoms with Gasteiger partial charge in [0.1, 0.15) is 24.9 Å². The smallest absolute Gasteiger partial charge is 0.313 e. The largest absolute Gasteiger partial charge is 0.462 e. The second kappa shape index (κ2) is 7.32. The van der Waals surface area contributed by atoms with E-state index in [4.69, 9.17) is 14.2 Å². The highest BCUT2D eigenvalue weighted by molar-refractivity contribution is 5.94. The van der Waals surface area contributed by atoms with Crippen molar-refractivity contribution >= 4 is 17.4 Å². The van der Waals surface area contributed by atoms with Crippen LogP contribution in [0.2, 0.25) is 0 Å². The Kier molecular flexibility index (Phi) is 5.16. The van der Waals surface area contributed by atoms with Gasteiger partial charge in [-0.1, -0.05) is 18.2 Å². The second-order valence-electron chi connectivity index (χ2n) is 6.35. The Labute approximate surface area is 141 Å². The molecule has 2 saturated heterocycles. The Bertz CT molecular complexity index is 580. The van der Waals surface area contributed by atoms with E-state index in [-0.39, 0.29) is 24.9 Å². The number of hydrogen-bond donors (Lipinski definition) is 0. The van der Waals surface area contributed by atoms with E-state index in [2.05, 4.69) is 17.0 Å². The van der Waals surface area contributed by atoms with Crippen molar-refractivity contribution in [3.8, 4) is 0 Å². The van der Waals surface area contributed by atoms with Crippen LogP contribution in [0.25, 0.3) is 0 Å². The Hall–Kier alpha value is -1.92. The lowest BCUT2D eigenvalue weighted by molar-refractivity contribution is -0.186. The SMILES string of the molecule is CC(=O)CC(=O)OCC1COC2(CCN(c3ccccc3)CC2)O1. The van der Waals surface area contributed by atoms with Gasteiger partial charge >= 0.3 is 5.97 Å². The van der Waals surface area contributed by atoms with Gasteiger partial charge in [0.05, 0.1) is 6.61 Å². The van der Waals surface area contributed by atoms with E-state index in [1.54, 1.807) is 0 Å². The molecule has 1 aromatic carbocycles. The van der Waals surface area contributed by atoms with E-state index in [9.17, 15) is 9.59 Å². The molecule has 2 heterocycles. The highest BCUT2D eigenvalue weighted by Gasteiger charge is 2.44. The minimum absolute atomic E-state index is 0.135. The van der Waals surface area contributed by atoms with Gasteiger partial charge in [0.15, 0.2) is 5.79 Å². The summed E-state index contributed by atoms with van der Waals surface area (Å²) in [4.78, 5) is 24.6. The molecule has 6 heteroatoms. The molecule has 1 unspecified atom stereocenters. The lowest BCUT2D eigenvalue weighted by atomic mass is 10.0. The number of Topliss-reactive ketones (excluding diaryl/α,β-unsaturated/α-hetero) is 1. The molecule has 6 nitrogen and oxygen atoms in total. The van der Waals surface area contributed by atoms with Crippen LogP contribution < -0.4 is 4.90 Å². The molecule has 0 saturated carbocycles. The van der Waals surface area contributed by atoms with Gasteiger partial charge in [-0.3, -0.25) is 9.59 Å². The molecule has 0 bridgehead atoms. The summed E-state index contributed by atoms with van der Waals surface area (Å²) in [5.41, 5.74) is 1.21. The lowest BCUT2D eigenvalue weighted by Crippen LogP contribution is -2.45. The third-order valence-corrected chi connectivity index (χ3v) is 4.38. The maximum absolute atomic E-state index is 11.4. The van der Waals surface area contributed by atoms with Crippen molar-refractivity contribution in [1.29, 1.82) is 0 Å². The number of ether oxygens (including phenoxy) is 3. The zero-order valence-electron chi connectivity index (χ0n) is 13.9. The molecule has 0 aromatic heterocycles. The van der Waals surface area contributed by atoms with Crippen LogP contribution in [0.5, 0.6) is 0 Å². The van der Waals surface area contributed by atoms with Gasteiger partial charge < -0.3 is 19.1 Å². The Morgan fingerprint density at radius 2 is 1.96 bits per heavy atom. The fourth-order valence-corrected chi connectivity index (χ4v) is 3.15. The predicted molar refractivity (Wildman–Crippen MR) is 87.7 cm³/mol. The number of anilines is 1. The molecule has 0 N–H and O–H groups in total. The van der Waals surface area contributed by atoms with Crippen LogP contribution in [-0.2, 0) is 23.8 Å². The van der Waals surface area contributed by atoms with Crippen molar-refractivity contribution in [2.45, 2.75) is 38.1 Å². The second-order valence-corrected chi connectivity index (χ2v) is 6.35. The van der Waals surface area contributed by atoms with E-state index >= 15 is 0 Å². The van der Waals surface area contributed by atoms with Crippen LogP contribution in [0.4, 0.5) is 5.69 Å². The minimum Gasteiger partial charge on any atom is -0.462 e. The zero-order valence-corrected chi connectivity index (χ0v) is 13.9. The summed E-state index contributed by atoms with van der Waals surface area (Å²) < 4.78 is 17.0. The number of carbonyl (C=O) groups is 2. The van der Waals surface area contributed by atoms with Gasteiger partial charge in [0.2, 0.25) is 0 Å². The molecule has 2 aliphatic rings. The van der Waals surface area contributed by atoms with Gasteiger partial charge in [-0.25, -0.2) is 0 Å². The Morgan fingerprint density at radius 1 is 1.25 bits per heavy atom. The van der Waals surface area contributed by atoms with Crippen LogP contribution in [0.3, 0.4) is 0 Å². The highest BCUT2D eigenvalue weighted by Crippen LogP contribution is 2.35. The van der Waals surface area contributed by atoms with Crippen molar-refractivity contribution in [2.24, 2.45) is 0 Å². The summed E-state index contributed by atoms with van der Waals surface area (Å²) in [7, 11) is 0. The molecule has 24 heavy (non-hydrogen) atoms. The summed E-state index contributed by atoms with van der Waals surface area (Å²) in [6.45, 7) is 3.64. The fraction of sp³-hybridized carbons (Fsp3) is 0.556. The van der Waals surface area contributed by atoms with Crippen LogP contribution in [0.1, 0.15) is 26.2 Å². The first-order valence-electron chi connectivity index (χ1n) is 8.33. The standard InChI is InChI=1S/C18H23NO5/c1-14(20)11-17(21)22-12-16-13-23-18(24-16)7-9-19(10-8-18)15-5-3-2-4-6-15/h2-6,16H,7-13H2,1H3. The predicted octanol–water partition coefficient (Wildman–Crippen LogP) is 1.92. The molecule has 1 atom stereocenters. The van der Waals surface area contributed by atoms with Gasteiger partial charge in [-0.2, -0.15) is 0 Å². The monoisotopic (exact) mass is 333 g/mol. The summed E-state index contributed by atoms with van der Waals surface area (Å²) >= 11 is 0. The zero-order chi connectivity index (χ0) is 17.0. The maximum atomic E-state index is 11.4. The van der Waals surface area contributed by atoms with Gasteiger partial charge in [-0.05, 0) is 19.1 Å². The Morgan fingerprint density at radius 3 is 2.62 bits per heavy atom. The number of esters is 1. The van der Waals surface area contributed by atoms with Crippen LogP contribution in [0, 0.1) is 0 Å². The molecule has 3 rings (SSSR count). The van der Waals surface area contributed by atoms with Crippen molar-refractivity contribution in [2.75, 3.05) is 31.2 Å². The highest BCUT2D eigenvalue weighted by atomic mass is 16.8. The third kappa shape index (κ3) is 4.13. The fourth-order valence-electron chi connectivity index (χ4n) is 3.15. The first kappa shape index (κ1) is 16.9. The number of carbonyl (C=O) groups excluding carboxylic acids is 2. The minimum atomic E-state index is -0.567. The van der Waals surface area contributed by atoms with Gasteiger partial charge in [0, 0.05) is 31.6 Å². The van der Waals surface area contributed by atoms with Crippen molar-refractivity contribution < 1.29 is 23.8 Å². The maximum Gasteiger partial charge on any atom is 0.313 e. The summed E-state index contributed by atoms with van der Waals surface area (Å²) in [5.74, 6) is -1.28. The van der Waals surface area contributed by atoms with Crippen molar-refractivity contribution in [3.05, 3.63) is 30.3 Å². The molecule has 1 spiro atoms. The number of benzene rings is 1. The normalized spacial score (nSPS) is 22.5. The molecule has 0 aliphatic carbocycles. The summed E-state index contributed by atoms with van der Waals surface area (Å²) in [5, 5.41) is 0. The number of piperidine rings is 1. The van der Waals surface area contributed by atoms with Crippen molar-refractivity contribution in [3.63, 3.8) is 0 Å². The quantitative estimate of drug-likeness (QED) is 0.606. The van der Waals surface area contributed by atoms with Crippen LogP contribution in [0.15, 0.2) is 30.3 Å². The number of hydrogen-bond acceptors (Lipinski definition) is 6. The van der Waals surface area contributed by atoms with E-state index in [0.717, 1.165) is 25.9 Å². The third-order valence-electron chi connectivity index (χ3n) is 4.38. The van der Waals surface area contributed by atoms with Gasteiger partial charge in [-0.15, -0.1) is 0 Å². The number of para-hydroxylation sites is 1. The number of rotatable bonds is 5. The number of nitrogens with zero attached hydrogens (tertiary/aromatic N) is 1.